The third kappa shape index (κ3) is 5.67. The monoisotopic (exact) mass is 832 g/mol. The van der Waals surface area contributed by atoms with E-state index in [1.54, 1.807) is 6.07 Å². The lowest BCUT2D eigenvalue weighted by molar-refractivity contribution is 0.566. The number of hydrogen-bond acceptors (Lipinski definition) is 3. The molecule has 10 aromatic rings. The molecule has 13 rings (SSSR count). The standard InChI is InChI=1S/C60H38N2O/c1-3-12-37(13-4-1)55-56(59(43-14-5-2-6-15-43)63-60(55)51-31-28-40-24-23-38-16-9-17-39-27-30-50(51)54(40)53(38)39)45-19-10-18-44(36-45)46-32-33-49(48-22-8-7-21-47(46)48)52-34-29-42-26-25-41-20-11-35-61-57(41)58(42)62-52/h1-36,40,54H/i1D,2D,3D,4D,5D,6D,9D,10D,11D,12D,13D,14D,15D,16D,17D,18D,19D,20D,23D,24D,25D,26D,27D,28D,29D,30D,31D,34D,35D,36D. The molecule has 3 aliphatic rings. The molecule has 0 fully saturated rings. The second-order valence-electron chi connectivity index (χ2n) is 14.4. The summed E-state index contributed by atoms with van der Waals surface area (Å²) < 4.78 is 282. The lowest BCUT2D eigenvalue weighted by Gasteiger charge is -2.36. The van der Waals surface area contributed by atoms with Gasteiger partial charge < -0.3 is 4.42 Å². The van der Waals surface area contributed by atoms with E-state index in [-0.39, 0.29) is 55.0 Å². The van der Waals surface area contributed by atoms with Gasteiger partial charge in [-0.15, -0.1) is 0 Å². The highest BCUT2D eigenvalue weighted by Crippen LogP contribution is 2.54. The van der Waals surface area contributed by atoms with Gasteiger partial charge in [-0.05, 0) is 73.4 Å². The summed E-state index contributed by atoms with van der Waals surface area (Å²) in [6, 6.07) is -15.8. The molecule has 0 saturated carbocycles. The number of nitrogens with zero attached hydrogens (tertiary/aromatic N) is 2. The third-order valence-corrected chi connectivity index (χ3v) is 11.1. The van der Waals surface area contributed by atoms with Gasteiger partial charge in [0.1, 0.15) is 11.5 Å². The zero-order chi connectivity index (χ0) is 67.5. The first-order valence-electron chi connectivity index (χ1n) is 34.3. The van der Waals surface area contributed by atoms with Crippen LogP contribution in [0, 0.1) is 5.92 Å². The Morgan fingerprint density at radius 2 is 1.17 bits per heavy atom. The molecule has 0 spiro atoms. The van der Waals surface area contributed by atoms with Gasteiger partial charge in [0.25, 0.3) is 0 Å². The van der Waals surface area contributed by atoms with Crippen molar-refractivity contribution < 1.29 is 45.5 Å². The molecular formula is C60H38N2O. The van der Waals surface area contributed by atoms with Gasteiger partial charge in [0, 0.05) is 56.6 Å². The predicted octanol–water partition coefficient (Wildman–Crippen LogP) is 15.6. The maximum Gasteiger partial charge on any atom is 0.143 e. The van der Waals surface area contributed by atoms with Crippen LogP contribution in [0.5, 0.6) is 0 Å². The Morgan fingerprint density at radius 3 is 2.02 bits per heavy atom. The quantitative estimate of drug-likeness (QED) is 0.157. The highest BCUT2D eigenvalue weighted by molar-refractivity contribution is 6.08. The second-order valence-corrected chi connectivity index (χ2v) is 14.4. The predicted molar refractivity (Wildman–Crippen MR) is 261 cm³/mol. The van der Waals surface area contributed by atoms with E-state index in [9.17, 15) is 20.6 Å². The third-order valence-electron chi connectivity index (χ3n) is 11.1. The Balaban J connectivity index is 1.19. The number of benzene rings is 7. The highest BCUT2D eigenvalue weighted by atomic mass is 16.3. The van der Waals surface area contributed by atoms with Crippen LogP contribution in [0.25, 0.3) is 106 Å². The number of fused-ring (bicyclic) bond motifs is 4. The molecule has 0 bridgehead atoms. The van der Waals surface area contributed by atoms with E-state index in [1.807, 2.05) is 0 Å². The average molecular weight is 833 g/mol. The van der Waals surface area contributed by atoms with E-state index in [0.717, 1.165) is 0 Å². The summed E-state index contributed by atoms with van der Waals surface area (Å²) in [7, 11) is 0. The molecule has 2 unspecified atom stereocenters. The van der Waals surface area contributed by atoms with Gasteiger partial charge in [0.15, 0.2) is 0 Å². The van der Waals surface area contributed by atoms with Crippen LogP contribution < -0.4 is 0 Å². The van der Waals surface area contributed by atoms with E-state index in [0.29, 0.717) is 0 Å². The molecule has 7 aromatic carbocycles. The smallest absolute Gasteiger partial charge is 0.143 e. The Kier molecular flexibility index (Phi) is 3.83. The van der Waals surface area contributed by atoms with Crippen molar-refractivity contribution in [3.63, 3.8) is 0 Å². The van der Waals surface area contributed by atoms with Crippen LogP contribution in [-0.2, 0) is 0 Å². The largest absolute Gasteiger partial charge is 0.455 e. The maximum absolute atomic E-state index is 10.4. The number of rotatable bonds is 6. The van der Waals surface area contributed by atoms with Crippen molar-refractivity contribution >= 4 is 50.3 Å². The lowest BCUT2D eigenvalue weighted by Crippen LogP contribution is -2.21. The Bertz CT molecular complexity index is 5350. The summed E-state index contributed by atoms with van der Waals surface area (Å²) in [5, 5.41) is -0.335. The van der Waals surface area contributed by atoms with Crippen LogP contribution in [0.3, 0.4) is 0 Å². The molecule has 3 nitrogen and oxygen atoms in total. The van der Waals surface area contributed by atoms with Crippen molar-refractivity contribution in [1.29, 1.82) is 0 Å². The summed E-state index contributed by atoms with van der Waals surface area (Å²) in [5.74, 6) is -5.23. The van der Waals surface area contributed by atoms with Gasteiger partial charge in [-0.3, -0.25) is 4.98 Å². The highest BCUT2D eigenvalue weighted by Gasteiger charge is 2.37. The number of furan rings is 1. The minimum atomic E-state index is -1.69. The number of aromatic nitrogens is 2. The fourth-order valence-electron chi connectivity index (χ4n) is 8.34. The van der Waals surface area contributed by atoms with Crippen molar-refractivity contribution in [2.24, 2.45) is 5.92 Å². The summed E-state index contributed by atoms with van der Waals surface area (Å²) >= 11 is 0. The van der Waals surface area contributed by atoms with E-state index in [4.69, 9.17) is 30.0 Å². The zero-order valence-corrected chi connectivity index (χ0v) is 31.9. The normalized spacial score (nSPS) is 23.6. The van der Waals surface area contributed by atoms with Gasteiger partial charge in [0.05, 0.1) is 57.9 Å². The van der Waals surface area contributed by atoms with E-state index >= 15 is 0 Å². The number of allylic oxidation sites excluding steroid dienone is 6. The minimum absolute atomic E-state index is 0.0826. The van der Waals surface area contributed by atoms with Gasteiger partial charge >= 0.3 is 0 Å². The van der Waals surface area contributed by atoms with Crippen LogP contribution >= 0.6 is 0 Å². The minimum Gasteiger partial charge on any atom is -0.455 e. The summed E-state index contributed by atoms with van der Waals surface area (Å²) in [4.78, 5) is 8.84. The molecule has 2 atom stereocenters. The zero-order valence-electron chi connectivity index (χ0n) is 61.9. The first-order chi connectivity index (χ1) is 43.7. The van der Waals surface area contributed by atoms with Gasteiger partial charge in [0.2, 0.25) is 0 Å². The van der Waals surface area contributed by atoms with E-state index < -0.39 is 260 Å². The van der Waals surface area contributed by atoms with Gasteiger partial charge in [-0.1, -0.05) is 194 Å². The molecule has 294 valence electrons. The first-order valence-corrected chi connectivity index (χ1v) is 19.3. The number of pyridine rings is 2. The molecular weight excluding hydrogens is 765 g/mol. The molecule has 63 heavy (non-hydrogen) atoms. The first kappa shape index (κ1) is 17.0. The van der Waals surface area contributed by atoms with Crippen molar-refractivity contribution in [1.82, 2.24) is 9.97 Å². The van der Waals surface area contributed by atoms with Crippen molar-refractivity contribution in [2.45, 2.75) is 5.92 Å². The molecule has 3 heterocycles. The molecule has 3 heteroatoms. The van der Waals surface area contributed by atoms with Crippen LogP contribution in [-0.4, -0.2) is 9.97 Å². The van der Waals surface area contributed by atoms with Crippen LogP contribution in [0.4, 0.5) is 0 Å². The van der Waals surface area contributed by atoms with Crippen molar-refractivity contribution in [3.05, 3.63) is 234 Å². The Morgan fingerprint density at radius 1 is 0.508 bits per heavy atom. The molecule has 0 N–H and O–H groups in total. The van der Waals surface area contributed by atoms with Gasteiger partial charge in [-0.25, -0.2) is 4.98 Å². The molecule has 3 aliphatic carbocycles. The Hall–Kier alpha value is -8.14. The molecule has 0 amide bonds. The summed E-state index contributed by atoms with van der Waals surface area (Å²) in [6.45, 7) is 0. The fourth-order valence-corrected chi connectivity index (χ4v) is 8.34. The van der Waals surface area contributed by atoms with Crippen molar-refractivity contribution in [2.75, 3.05) is 0 Å². The molecule has 0 saturated heterocycles. The van der Waals surface area contributed by atoms with Gasteiger partial charge in [-0.2, -0.15) is 0 Å². The maximum atomic E-state index is 10.4. The molecule has 3 aromatic heterocycles. The summed E-state index contributed by atoms with van der Waals surface area (Å²) in [5.41, 5.74) is -7.91. The SMILES string of the molecule is [2H]C1=C([2H])c2c([2H])c([2H])c([2H])c3c2C2C1=C(c1oc(-c4c([2H])c([2H])c([2H])c([2H])c4[2H])c(-c4c([2H])c([2H])c([2H])c(-c5ccc(-c6nc7c(c([2H])c6[2H])c([2H])c([2H])c6c([2H])c([2H])c([2H])nc67)c6ccccc56)c4[2H])c1-c1c([2H])c([2H])c([2H])c([2H])c1[2H])C([2H])=C([2H])C2C([2H])=C3[2H]. The topological polar surface area (TPSA) is 38.9 Å². The average Bonchev–Trinajstić information content (AvgIpc) is 1.58. The Labute approximate surface area is 407 Å². The van der Waals surface area contributed by atoms with Crippen LogP contribution in [0.1, 0.15) is 69.5 Å². The van der Waals surface area contributed by atoms with Crippen LogP contribution in [0.15, 0.2) is 216 Å². The van der Waals surface area contributed by atoms with Crippen LogP contribution in [0.2, 0.25) is 0 Å². The number of hydrogen-bond donors (Lipinski definition) is 0. The fraction of sp³-hybridized carbons (Fsp3) is 0.0333. The van der Waals surface area contributed by atoms with E-state index in [1.165, 1.54) is 30.3 Å². The molecule has 0 aliphatic heterocycles. The summed E-state index contributed by atoms with van der Waals surface area (Å²) in [6.07, 6.45) is -0.672. The lowest BCUT2D eigenvalue weighted by atomic mass is 9.67. The van der Waals surface area contributed by atoms with Crippen molar-refractivity contribution in [3.8, 4) is 56.0 Å². The molecule has 0 radical (unpaired) electrons. The van der Waals surface area contributed by atoms with E-state index in [2.05, 4.69) is 4.98 Å². The second kappa shape index (κ2) is 14.2.